The summed E-state index contributed by atoms with van der Waals surface area (Å²) in [6, 6.07) is 13.2. The molecule has 1 aliphatic rings. The Morgan fingerprint density at radius 1 is 1.27 bits per heavy atom. The molecule has 0 aliphatic carbocycles. The van der Waals surface area contributed by atoms with Gasteiger partial charge in [-0.2, -0.15) is 0 Å². The van der Waals surface area contributed by atoms with E-state index in [1.165, 1.54) is 12.7 Å². The van der Waals surface area contributed by atoms with Gasteiger partial charge in [0, 0.05) is 48.4 Å². The summed E-state index contributed by atoms with van der Waals surface area (Å²) in [6.45, 7) is 9.14. The van der Waals surface area contributed by atoms with E-state index in [0.29, 0.717) is 19.7 Å². The maximum atomic E-state index is 13.0. The molecule has 1 aromatic heterocycles. The van der Waals surface area contributed by atoms with Crippen LogP contribution < -0.4 is 5.32 Å². The highest BCUT2D eigenvalue weighted by Gasteiger charge is 2.51. The number of hydrogen-bond acceptors (Lipinski definition) is 6. The molecule has 1 N–H and O–H groups in total. The van der Waals surface area contributed by atoms with Crippen LogP contribution in [0.5, 0.6) is 0 Å². The van der Waals surface area contributed by atoms with Gasteiger partial charge in [-0.1, -0.05) is 50.0 Å². The first kappa shape index (κ1) is 25.9. The molecular formula is C24H33BrN2O4SSi. The monoisotopic (exact) mass is 552 g/mol. The molecule has 1 saturated heterocycles. The predicted octanol–water partition coefficient (Wildman–Crippen LogP) is 5.47. The molecule has 1 aliphatic heterocycles. The highest BCUT2D eigenvalue weighted by Crippen LogP contribution is 2.43. The van der Waals surface area contributed by atoms with E-state index in [2.05, 4.69) is 57.9 Å². The van der Waals surface area contributed by atoms with Crippen molar-refractivity contribution in [2.45, 2.75) is 44.2 Å². The molecule has 2 atom stereocenters. The molecule has 9 heteroatoms. The molecular weight excluding hydrogens is 520 g/mol. The molecule has 2 heterocycles. The van der Waals surface area contributed by atoms with Crippen LogP contribution in [0.25, 0.3) is 0 Å². The van der Waals surface area contributed by atoms with Gasteiger partial charge in [0.1, 0.15) is 0 Å². The Bertz CT molecular complexity index is 949. The molecule has 180 valence electrons. The van der Waals surface area contributed by atoms with E-state index in [1.807, 2.05) is 29.6 Å². The van der Waals surface area contributed by atoms with Gasteiger partial charge in [0.2, 0.25) is 0 Å². The Morgan fingerprint density at radius 3 is 2.61 bits per heavy atom. The Morgan fingerprint density at radius 2 is 2.00 bits per heavy atom. The Balaban J connectivity index is 1.87. The lowest BCUT2D eigenvalue weighted by Gasteiger charge is -2.34. The number of amides is 1. The van der Waals surface area contributed by atoms with Crippen molar-refractivity contribution < 1.29 is 19.1 Å². The second-order valence-electron chi connectivity index (χ2n) is 9.80. The number of nitrogens with one attached hydrogen (secondary N) is 1. The van der Waals surface area contributed by atoms with Crippen molar-refractivity contribution in [2.24, 2.45) is 5.92 Å². The molecule has 33 heavy (non-hydrogen) atoms. The molecule has 1 aromatic carbocycles. The third-order valence-corrected chi connectivity index (χ3v) is 9.53. The van der Waals surface area contributed by atoms with Gasteiger partial charge in [-0.25, -0.2) is 4.79 Å². The zero-order valence-corrected chi connectivity index (χ0v) is 23.1. The number of esters is 1. The minimum atomic E-state index is -1.32. The van der Waals surface area contributed by atoms with Gasteiger partial charge in [-0.15, -0.1) is 11.3 Å². The van der Waals surface area contributed by atoms with Crippen molar-refractivity contribution in [3.63, 3.8) is 0 Å². The van der Waals surface area contributed by atoms with E-state index in [-0.39, 0.29) is 18.3 Å². The second-order valence-corrected chi connectivity index (χ2v) is 17.3. The molecule has 0 bridgehead atoms. The molecule has 0 spiro atoms. The van der Waals surface area contributed by atoms with Crippen LogP contribution in [0, 0.1) is 5.92 Å². The molecule has 1 fully saturated rings. The number of benzene rings is 1. The summed E-state index contributed by atoms with van der Waals surface area (Å²) in [5.41, 5.74) is 0.450. The topological polar surface area (TPSA) is 67.9 Å². The minimum absolute atomic E-state index is 0.149. The van der Waals surface area contributed by atoms with Gasteiger partial charge in [0.25, 0.3) is 0 Å². The lowest BCUT2D eigenvalue weighted by atomic mass is 9.83. The Labute approximate surface area is 209 Å². The standard InChI is InChI=1S/C24H33BrN2O4SSi/c1-30-22(28)12-19-15-27(14-18-8-6-5-7-9-18)17-24(19,21-13-20(25)16-32-21)26-23(29)31-10-11-33(2,3)4/h5-9,13,16,19H,10-12,14-15,17H2,1-4H3,(H,26,29). The van der Waals surface area contributed by atoms with E-state index in [9.17, 15) is 9.59 Å². The highest BCUT2D eigenvalue weighted by atomic mass is 79.9. The molecule has 0 saturated carbocycles. The lowest BCUT2D eigenvalue weighted by molar-refractivity contribution is -0.142. The fourth-order valence-electron chi connectivity index (χ4n) is 4.20. The van der Waals surface area contributed by atoms with Crippen LogP contribution in [0.4, 0.5) is 4.79 Å². The molecule has 3 rings (SSSR count). The average molecular weight is 554 g/mol. The zero-order chi connectivity index (χ0) is 24.1. The van der Waals surface area contributed by atoms with Crippen LogP contribution in [0.1, 0.15) is 16.9 Å². The molecule has 6 nitrogen and oxygen atoms in total. The van der Waals surface area contributed by atoms with Crippen LogP contribution in [0.15, 0.2) is 46.3 Å². The first-order valence-corrected chi connectivity index (χ1v) is 16.5. The normalized spacial score (nSPS) is 21.1. The largest absolute Gasteiger partial charge is 0.469 e. The average Bonchev–Trinajstić information content (AvgIpc) is 3.32. The van der Waals surface area contributed by atoms with E-state index in [1.54, 1.807) is 11.3 Å². The second kappa shape index (κ2) is 11.2. The van der Waals surface area contributed by atoms with Gasteiger partial charge in [-0.3, -0.25) is 9.69 Å². The highest BCUT2D eigenvalue weighted by molar-refractivity contribution is 9.10. The smallest absolute Gasteiger partial charge is 0.407 e. The number of hydrogen-bond donors (Lipinski definition) is 1. The van der Waals surface area contributed by atoms with E-state index < -0.39 is 19.7 Å². The number of carbonyl (C=O) groups excluding carboxylic acids is 2. The van der Waals surface area contributed by atoms with Crippen LogP contribution in [0.3, 0.4) is 0 Å². The molecule has 0 radical (unpaired) electrons. The van der Waals surface area contributed by atoms with Gasteiger partial charge >= 0.3 is 12.1 Å². The van der Waals surface area contributed by atoms with Gasteiger partial charge in [0.15, 0.2) is 0 Å². The van der Waals surface area contributed by atoms with Crippen molar-refractivity contribution in [1.29, 1.82) is 0 Å². The summed E-state index contributed by atoms with van der Waals surface area (Å²) in [5, 5.41) is 5.20. The van der Waals surface area contributed by atoms with Gasteiger partial charge in [-0.05, 0) is 33.6 Å². The molecule has 2 aromatic rings. The number of halogens is 1. The van der Waals surface area contributed by atoms with Crippen molar-refractivity contribution in [3.05, 3.63) is 56.7 Å². The summed E-state index contributed by atoms with van der Waals surface area (Å²) in [4.78, 5) is 28.6. The lowest BCUT2D eigenvalue weighted by Crippen LogP contribution is -2.52. The van der Waals surface area contributed by atoms with Crippen molar-refractivity contribution in [1.82, 2.24) is 10.2 Å². The van der Waals surface area contributed by atoms with E-state index in [0.717, 1.165) is 21.9 Å². The number of ether oxygens (including phenoxy) is 2. The number of methoxy groups -OCH3 is 1. The predicted molar refractivity (Wildman–Crippen MR) is 138 cm³/mol. The SMILES string of the molecule is COC(=O)CC1CN(Cc2ccccc2)CC1(NC(=O)OCC[Si](C)(C)C)c1cc(Br)cs1. The van der Waals surface area contributed by atoms with Crippen LogP contribution in [-0.4, -0.2) is 51.8 Å². The van der Waals surface area contributed by atoms with E-state index >= 15 is 0 Å². The van der Waals surface area contributed by atoms with Crippen molar-refractivity contribution >= 4 is 47.4 Å². The summed E-state index contributed by atoms with van der Waals surface area (Å²) in [5.74, 6) is -0.431. The number of rotatable bonds is 9. The molecule has 2 unspecified atom stereocenters. The molecule has 1 amide bonds. The minimum Gasteiger partial charge on any atom is -0.469 e. The maximum absolute atomic E-state index is 13.0. The zero-order valence-electron chi connectivity index (χ0n) is 19.7. The summed E-state index contributed by atoms with van der Waals surface area (Å²) in [6.07, 6.45) is -0.221. The fraction of sp³-hybridized carbons (Fsp3) is 0.500. The first-order chi connectivity index (χ1) is 15.6. The van der Waals surface area contributed by atoms with Crippen molar-refractivity contribution in [2.75, 3.05) is 26.8 Å². The van der Waals surface area contributed by atoms with Gasteiger partial charge in [0.05, 0.1) is 25.7 Å². The van der Waals surface area contributed by atoms with Crippen LogP contribution >= 0.6 is 27.3 Å². The number of carbonyl (C=O) groups is 2. The summed E-state index contributed by atoms with van der Waals surface area (Å²) < 4.78 is 11.6. The first-order valence-electron chi connectivity index (χ1n) is 11.1. The quantitative estimate of drug-likeness (QED) is 0.330. The number of nitrogens with zero attached hydrogens (tertiary/aromatic N) is 1. The number of thiophene rings is 1. The van der Waals surface area contributed by atoms with Crippen LogP contribution in [-0.2, 0) is 26.4 Å². The summed E-state index contributed by atoms with van der Waals surface area (Å²) in [7, 11) is 0.0827. The maximum Gasteiger partial charge on any atom is 0.407 e. The Kier molecular flexibility index (Phi) is 8.77. The van der Waals surface area contributed by atoms with Crippen LogP contribution in [0.2, 0.25) is 25.7 Å². The third kappa shape index (κ3) is 7.15. The van der Waals surface area contributed by atoms with E-state index in [4.69, 9.17) is 9.47 Å². The number of likely N-dealkylation sites (tertiary alicyclic amines) is 1. The fourth-order valence-corrected chi connectivity index (χ4v) is 6.57. The summed E-state index contributed by atoms with van der Waals surface area (Å²) >= 11 is 5.13. The Hall–Kier alpha value is -1.68. The third-order valence-electron chi connectivity index (χ3n) is 5.96. The van der Waals surface area contributed by atoms with Crippen molar-refractivity contribution in [3.8, 4) is 0 Å². The van der Waals surface area contributed by atoms with Gasteiger partial charge < -0.3 is 14.8 Å². The number of alkyl carbamates (subject to hydrolysis) is 1.